The molecule has 1 aromatic carbocycles. The first-order valence-electron chi connectivity index (χ1n) is 6.86. The molecule has 104 valence electrons. The van der Waals surface area contributed by atoms with Gasteiger partial charge in [-0.1, -0.05) is 18.2 Å². The summed E-state index contributed by atoms with van der Waals surface area (Å²) in [4.78, 5) is 12.3. The van der Waals surface area contributed by atoms with E-state index in [1.165, 1.54) is 0 Å². The first-order chi connectivity index (χ1) is 9.24. The van der Waals surface area contributed by atoms with Crippen molar-refractivity contribution in [2.24, 2.45) is 5.73 Å². The third-order valence-electron chi connectivity index (χ3n) is 3.73. The Morgan fingerprint density at radius 3 is 2.89 bits per heavy atom. The predicted molar refractivity (Wildman–Crippen MR) is 75.1 cm³/mol. The highest BCUT2D eigenvalue weighted by Crippen LogP contribution is 2.22. The Morgan fingerprint density at radius 1 is 1.42 bits per heavy atom. The molecule has 2 unspecified atom stereocenters. The summed E-state index contributed by atoms with van der Waals surface area (Å²) in [6.45, 7) is 0.555. The van der Waals surface area contributed by atoms with Crippen LogP contribution in [0.25, 0.3) is 0 Å². The minimum Gasteiger partial charge on any atom is -0.381 e. The molecule has 1 aliphatic carbocycles. The van der Waals surface area contributed by atoms with Gasteiger partial charge in [0.1, 0.15) is 0 Å². The summed E-state index contributed by atoms with van der Waals surface area (Å²) in [5.41, 5.74) is 7.34. The van der Waals surface area contributed by atoms with E-state index in [4.69, 9.17) is 10.5 Å². The highest BCUT2D eigenvalue weighted by atomic mass is 16.5. The van der Waals surface area contributed by atoms with Gasteiger partial charge in [0, 0.05) is 18.7 Å². The fourth-order valence-corrected chi connectivity index (χ4v) is 2.66. The lowest BCUT2D eigenvalue weighted by atomic mass is 10.0. The molecule has 1 fully saturated rings. The van der Waals surface area contributed by atoms with Crippen molar-refractivity contribution in [3.63, 3.8) is 0 Å². The topological polar surface area (TPSA) is 64.3 Å². The van der Waals surface area contributed by atoms with Crippen LogP contribution in [0.2, 0.25) is 0 Å². The van der Waals surface area contributed by atoms with Crippen molar-refractivity contribution < 1.29 is 9.53 Å². The zero-order valence-corrected chi connectivity index (χ0v) is 11.4. The molecular weight excluding hydrogens is 240 g/mol. The van der Waals surface area contributed by atoms with Crippen molar-refractivity contribution in [2.75, 3.05) is 13.7 Å². The fraction of sp³-hybridized carbons (Fsp3) is 0.533. The van der Waals surface area contributed by atoms with Crippen molar-refractivity contribution in [3.8, 4) is 0 Å². The minimum absolute atomic E-state index is 0.00537. The summed E-state index contributed by atoms with van der Waals surface area (Å²) < 4.78 is 5.32. The van der Waals surface area contributed by atoms with E-state index in [2.05, 4.69) is 5.32 Å². The maximum atomic E-state index is 12.3. The Balaban J connectivity index is 2.00. The lowest BCUT2D eigenvalue weighted by molar-refractivity contribution is 0.0914. The predicted octanol–water partition coefficient (Wildman–Crippen LogP) is 1.49. The molecule has 3 N–H and O–H groups in total. The first kappa shape index (κ1) is 14.0. The van der Waals surface area contributed by atoms with Crippen molar-refractivity contribution in [1.29, 1.82) is 0 Å². The van der Waals surface area contributed by atoms with Gasteiger partial charge in [-0.3, -0.25) is 4.79 Å². The lowest BCUT2D eigenvalue weighted by Gasteiger charge is -2.15. The summed E-state index contributed by atoms with van der Waals surface area (Å²) >= 11 is 0. The van der Waals surface area contributed by atoms with Gasteiger partial charge < -0.3 is 15.8 Å². The smallest absolute Gasteiger partial charge is 0.251 e. The number of rotatable bonds is 5. The van der Waals surface area contributed by atoms with Crippen LogP contribution in [-0.4, -0.2) is 31.7 Å². The summed E-state index contributed by atoms with van der Waals surface area (Å²) in [6.07, 6.45) is 3.93. The standard InChI is InChI=1S/C15H22N2O2/c1-19-13-7-6-12(10-13)17-15(18)14-5-3-2-4-11(14)8-9-16/h2-5,12-13H,6-10,16H2,1H3,(H,17,18). The number of nitrogens with one attached hydrogen (secondary N) is 1. The number of benzene rings is 1. The molecule has 2 rings (SSSR count). The van der Waals surface area contributed by atoms with E-state index in [-0.39, 0.29) is 18.1 Å². The second kappa shape index (κ2) is 6.68. The van der Waals surface area contributed by atoms with Crippen LogP contribution >= 0.6 is 0 Å². The summed E-state index contributed by atoms with van der Waals surface area (Å²) in [5.74, 6) is 0.00537. The fourth-order valence-electron chi connectivity index (χ4n) is 2.66. The van der Waals surface area contributed by atoms with E-state index in [9.17, 15) is 4.79 Å². The van der Waals surface area contributed by atoms with E-state index in [1.807, 2.05) is 24.3 Å². The van der Waals surface area contributed by atoms with Gasteiger partial charge in [0.15, 0.2) is 0 Å². The van der Waals surface area contributed by atoms with Gasteiger partial charge in [0.2, 0.25) is 0 Å². The highest BCUT2D eigenvalue weighted by molar-refractivity contribution is 5.95. The molecule has 4 nitrogen and oxygen atoms in total. The number of carbonyl (C=O) groups excluding carboxylic acids is 1. The van der Waals surface area contributed by atoms with Gasteiger partial charge in [0.25, 0.3) is 5.91 Å². The molecule has 2 atom stereocenters. The van der Waals surface area contributed by atoms with Crippen LogP contribution < -0.4 is 11.1 Å². The number of hydrogen-bond acceptors (Lipinski definition) is 3. The average molecular weight is 262 g/mol. The molecule has 0 bridgehead atoms. The van der Waals surface area contributed by atoms with Gasteiger partial charge >= 0.3 is 0 Å². The largest absolute Gasteiger partial charge is 0.381 e. The molecule has 1 aromatic rings. The summed E-state index contributed by atoms with van der Waals surface area (Å²) in [5, 5.41) is 3.10. The van der Waals surface area contributed by atoms with Gasteiger partial charge in [-0.15, -0.1) is 0 Å². The van der Waals surface area contributed by atoms with E-state index in [0.717, 1.165) is 36.8 Å². The SMILES string of the molecule is COC1CCC(NC(=O)c2ccccc2CCN)C1. The van der Waals surface area contributed by atoms with E-state index >= 15 is 0 Å². The van der Waals surface area contributed by atoms with Gasteiger partial charge in [-0.25, -0.2) is 0 Å². The molecule has 0 heterocycles. The van der Waals surface area contributed by atoms with E-state index in [0.29, 0.717) is 6.54 Å². The Labute approximate surface area is 114 Å². The molecule has 19 heavy (non-hydrogen) atoms. The number of nitrogens with two attached hydrogens (primary N) is 1. The molecular formula is C15H22N2O2. The Kier molecular flexibility index (Phi) is 4.93. The Bertz CT molecular complexity index is 434. The first-order valence-corrected chi connectivity index (χ1v) is 6.86. The maximum absolute atomic E-state index is 12.3. The molecule has 1 saturated carbocycles. The number of carbonyl (C=O) groups is 1. The van der Waals surface area contributed by atoms with Gasteiger partial charge in [0.05, 0.1) is 6.10 Å². The zero-order valence-electron chi connectivity index (χ0n) is 11.4. The quantitative estimate of drug-likeness (QED) is 0.845. The van der Waals surface area contributed by atoms with Crippen molar-refractivity contribution in [3.05, 3.63) is 35.4 Å². The van der Waals surface area contributed by atoms with Crippen LogP contribution in [0.3, 0.4) is 0 Å². The summed E-state index contributed by atoms with van der Waals surface area (Å²) in [6, 6.07) is 7.89. The third-order valence-corrected chi connectivity index (χ3v) is 3.73. The molecule has 0 aliphatic heterocycles. The second-order valence-corrected chi connectivity index (χ2v) is 5.04. The van der Waals surface area contributed by atoms with E-state index < -0.39 is 0 Å². The molecule has 4 heteroatoms. The third kappa shape index (κ3) is 3.55. The maximum Gasteiger partial charge on any atom is 0.251 e. The highest BCUT2D eigenvalue weighted by Gasteiger charge is 2.26. The van der Waals surface area contributed by atoms with Gasteiger partial charge in [-0.2, -0.15) is 0 Å². The lowest BCUT2D eigenvalue weighted by Crippen LogP contribution is -2.34. The van der Waals surface area contributed by atoms with Crippen molar-refractivity contribution >= 4 is 5.91 Å². The Hall–Kier alpha value is -1.39. The van der Waals surface area contributed by atoms with Crippen LogP contribution in [0.4, 0.5) is 0 Å². The van der Waals surface area contributed by atoms with E-state index in [1.54, 1.807) is 7.11 Å². The normalized spacial score (nSPS) is 22.4. The number of ether oxygens (including phenoxy) is 1. The molecule has 0 radical (unpaired) electrons. The van der Waals surface area contributed by atoms with Crippen LogP contribution in [0.5, 0.6) is 0 Å². The number of methoxy groups -OCH3 is 1. The van der Waals surface area contributed by atoms with Crippen molar-refractivity contribution in [1.82, 2.24) is 5.32 Å². The van der Waals surface area contributed by atoms with Crippen LogP contribution in [-0.2, 0) is 11.2 Å². The van der Waals surface area contributed by atoms with Gasteiger partial charge in [-0.05, 0) is 43.9 Å². The zero-order chi connectivity index (χ0) is 13.7. The molecule has 1 aliphatic rings. The summed E-state index contributed by atoms with van der Waals surface area (Å²) in [7, 11) is 1.73. The monoisotopic (exact) mass is 262 g/mol. The van der Waals surface area contributed by atoms with Crippen LogP contribution in [0.15, 0.2) is 24.3 Å². The molecule has 1 amide bonds. The average Bonchev–Trinajstić information content (AvgIpc) is 2.87. The minimum atomic E-state index is 0.00537. The van der Waals surface area contributed by atoms with Crippen molar-refractivity contribution in [2.45, 2.75) is 37.8 Å². The van der Waals surface area contributed by atoms with Crippen LogP contribution in [0.1, 0.15) is 35.2 Å². The second-order valence-electron chi connectivity index (χ2n) is 5.04. The number of amides is 1. The van der Waals surface area contributed by atoms with Crippen LogP contribution in [0, 0.1) is 0 Å². The molecule has 0 spiro atoms. The Morgan fingerprint density at radius 2 is 2.21 bits per heavy atom. The number of hydrogen-bond donors (Lipinski definition) is 2. The molecule has 0 aromatic heterocycles. The molecule has 0 saturated heterocycles.